The smallest absolute Gasteiger partial charge is 0.368 e. The number of rotatable bonds is 5. The molecule has 0 saturated carbocycles. The van der Waals surface area contributed by atoms with E-state index in [0.717, 1.165) is 38.8 Å². The Morgan fingerprint density at radius 1 is 0.875 bits per heavy atom. The van der Waals surface area contributed by atoms with E-state index in [-0.39, 0.29) is 5.69 Å². The summed E-state index contributed by atoms with van der Waals surface area (Å²) in [4.78, 5) is 16.5. The van der Waals surface area contributed by atoms with Crippen molar-refractivity contribution in [2.45, 2.75) is 13.5 Å². The molecule has 7 heteroatoms. The lowest BCUT2D eigenvalue weighted by atomic mass is 10.0. The van der Waals surface area contributed by atoms with Crippen molar-refractivity contribution in [1.29, 1.82) is 0 Å². The van der Waals surface area contributed by atoms with Gasteiger partial charge in [0, 0.05) is 25.0 Å². The van der Waals surface area contributed by atoms with E-state index in [2.05, 4.69) is 33.6 Å². The lowest BCUT2D eigenvalue weighted by molar-refractivity contribution is 0.305. The topological polar surface area (TPSA) is 74.8 Å². The molecule has 0 aliphatic rings. The van der Waals surface area contributed by atoms with Gasteiger partial charge in [0.2, 0.25) is 0 Å². The number of nitrogens with zero attached hydrogens (tertiary/aromatic N) is 5. The monoisotopic (exact) mass is 423 g/mol. The largest absolute Gasteiger partial charge is 0.489 e. The fourth-order valence-electron chi connectivity index (χ4n) is 3.73. The van der Waals surface area contributed by atoms with Crippen LogP contribution in [0.2, 0.25) is 0 Å². The molecule has 2 aromatic heterocycles. The number of fused-ring (bicyclic) bond motifs is 1. The van der Waals surface area contributed by atoms with E-state index in [1.807, 2.05) is 55.5 Å². The summed E-state index contributed by atoms with van der Waals surface area (Å²) >= 11 is 0. The van der Waals surface area contributed by atoms with E-state index in [4.69, 9.17) is 4.74 Å². The Kier molecular flexibility index (Phi) is 4.99. The second-order valence-corrected chi connectivity index (χ2v) is 7.62. The lowest BCUT2D eigenvalue weighted by Gasteiger charge is -2.13. The highest BCUT2D eigenvalue weighted by molar-refractivity contribution is 5.88. The van der Waals surface area contributed by atoms with E-state index in [1.54, 1.807) is 19.4 Å². The van der Waals surface area contributed by atoms with Gasteiger partial charge in [-0.3, -0.25) is 4.98 Å². The van der Waals surface area contributed by atoms with Gasteiger partial charge in [-0.1, -0.05) is 30.3 Å². The van der Waals surface area contributed by atoms with Gasteiger partial charge in [0.1, 0.15) is 12.4 Å². The van der Waals surface area contributed by atoms with Crippen LogP contribution in [-0.4, -0.2) is 24.8 Å². The molecule has 7 nitrogen and oxygen atoms in total. The first-order valence-corrected chi connectivity index (χ1v) is 10.2. The van der Waals surface area contributed by atoms with Crippen molar-refractivity contribution in [3.63, 3.8) is 0 Å². The van der Waals surface area contributed by atoms with Crippen LogP contribution in [0.3, 0.4) is 0 Å². The van der Waals surface area contributed by atoms with Crippen LogP contribution in [0.25, 0.3) is 27.6 Å². The first-order valence-electron chi connectivity index (χ1n) is 10.2. The summed E-state index contributed by atoms with van der Waals surface area (Å²) in [5.74, 6) is 0.755. The average molecular weight is 423 g/mol. The van der Waals surface area contributed by atoms with Crippen molar-refractivity contribution in [2.75, 3.05) is 0 Å². The third-order valence-corrected chi connectivity index (χ3v) is 5.54. The number of aryl methyl sites for hydroxylation is 2. The summed E-state index contributed by atoms with van der Waals surface area (Å²) in [6.45, 7) is 2.30. The van der Waals surface area contributed by atoms with E-state index in [1.165, 1.54) is 9.36 Å². The number of aromatic nitrogens is 5. The number of pyridine rings is 1. The number of tetrazole rings is 1. The Hall–Kier alpha value is -4.26. The molecule has 0 atom stereocenters. The van der Waals surface area contributed by atoms with Crippen LogP contribution in [0.4, 0.5) is 0 Å². The minimum atomic E-state index is -0.300. The third-order valence-electron chi connectivity index (χ3n) is 5.54. The molecule has 5 rings (SSSR count). The first kappa shape index (κ1) is 19.7. The Morgan fingerprint density at radius 3 is 2.47 bits per heavy atom. The van der Waals surface area contributed by atoms with Crippen LogP contribution in [0.5, 0.6) is 5.75 Å². The van der Waals surface area contributed by atoms with Gasteiger partial charge < -0.3 is 4.74 Å². The summed E-state index contributed by atoms with van der Waals surface area (Å²) in [6.07, 6.45) is 3.59. The summed E-state index contributed by atoms with van der Waals surface area (Å²) < 4.78 is 8.66. The Labute approximate surface area is 184 Å². The van der Waals surface area contributed by atoms with Crippen molar-refractivity contribution in [3.8, 4) is 22.6 Å². The highest BCUT2D eigenvalue weighted by Crippen LogP contribution is 2.28. The summed E-state index contributed by atoms with van der Waals surface area (Å²) in [5.41, 5.74) is 4.52. The summed E-state index contributed by atoms with van der Waals surface area (Å²) in [7, 11) is 1.58. The van der Waals surface area contributed by atoms with Crippen LogP contribution in [0.15, 0.2) is 83.9 Å². The summed E-state index contributed by atoms with van der Waals surface area (Å²) in [5, 5.41) is 10.0. The normalized spacial score (nSPS) is 11.1. The first-order chi connectivity index (χ1) is 15.6. The maximum Gasteiger partial charge on any atom is 0.368 e. The van der Waals surface area contributed by atoms with Crippen LogP contribution >= 0.6 is 0 Å². The van der Waals surface area contributed by atoms with Gasteiger partial charge in [-0.15, -0.1) is 0 Å². The Morgan fingerprint density at radius 2 is 1.69 bits per heavy atom. The molecule has 0 aliphatic heterocycles. The van der Waals surface area contributed by atoms with E-state index in [0.29, 0.717) is 12.3 Å². The number of hydrogen-bond acceptors (Lipinski definition) is 5. The predicted molar refractivity (Wildman–Crippen MR) is 123 cm³/mol. The van der Waals surface area contributed by atoms with Crippen molar-refractivity contribution >= 4 is 10.8 Å². The van der Waals surface area contributed by atoms with E-state index >= 15 is 0 Å². The van der Waals surface area contributed by atoms with Crippen molar-refractivity contribution in [3.05, 3.63) is 101 Å². The SMILES string of the molecule is Cc1cccc(-n2nnn(C)c2=O)c1COc1ccc2ccc(-c3ccncc3)cc2c1. The highest BCUT2D eigenvalue weighted by Gasteiger charge is 2.13. The van der Waals surface area contributed by atoms with Gasteiger partial charge in [0.15, 0.2) is 0 Å². The molecule has 0 unspecified atom stereocenters. The number of benzene rings is 3. The molecular formula is C25H21N5O2. The van der Waals surface area contributed by atoms with Gasteiger partial charge >= 0.3 is 5.69 Å². The zero-order valence-electron chi connectivity index (χ0n) is 17.8. The molecule has 5 aromatic rings. The standard InChI is InChI=1S/C25H21N5O2/c1-17-4-3-5-24(30-25(31)29(2)27-28-30)23(17)16-32-22-9-8-18-6-7-20(14-21(18)15-22)19-10-12-26-13-11-19/h3-15H,16H2,1-2H3. The molecule has 0 amide bonds. The number of ether oxygens (including phenoxy) is 1. The molecule has 0 radical (unpaired) electrons. The van der Waals surface area contributed by atoms with E-state index in [9.17, 15) is 4.79 Å². The summed E-state index contributed by atoms with van der Waals surface area (Å²) in [6, 6.07) is 22.1. The third kappa shape index (κ3) is 3.65. The van der Waals surface area contributed by atoms with Crippen LogP contribution in [0.1, 0.15) is 11.1 Å². The molecule has 32 heavy (non-hydrogen) atoms. The molecule has 2 heterocycles. The van der Waals surface area contributed by atoms with Crippen molar-refractivity contribution < 1.29 is 4.74 Å². The fourth-order valence-corrected chi connectivity index (χ4v) is 3.73. The second-order valence-electron chi connectivity index (χ2n) is 7.62. The quantitative estimate of drug-likeness (QED) is 0.426. The predicted octanol–water partition coefficient (Wildman–Crippen LogP) is 4.07. The zero-order chi connectivity index (χ0) is 22.1. The molecule has 0 N–H and O–H groups in total. The molecule has 0 bridgehead atoms. The molecule has 158 valence electrons. The van der Waals surface area contributed by atoms with Crippen LogP contribution in [0, 0.1) is 6.92 Å². The Balaban J connectivity index is 1.46. The van der Waals surface area contributed by atoms with Crippen LogP contribution < -0.4 is 10.4 Å². The molecule has 0 fully saturated rings. The molecule has 3 aromatic carbocycles. The average Bonchev–Trinajstić information content (AvgIpc) is 3.16. The minimum absolute atomic E-state index is 0.300. The maximum absolute atomic E-state index is 12.4. The second kappa shape index (κ2) is 8.11. The molecule has 0 spiro atoms. The van der Waals surface area contributed by atoms with Gasteiger partial charge in [0.05, 0.1) is 5.69 Å². The minimum Gasteiger partial charge on any atom is -0.489 e. The van der Waals surface area contributed by atoms with Gasteiger partial charge in [-0.25, -0.2) is 4.79 Å². The van der Waals surface area contributed by atoms with Crippen molar-refractivity contribution in [1.82, 2.24) is 24.8 Å². The maximum atomic E-state index is 12.4. The van der Waals surface area contributed by atoms with Gasteiger partial charge in [0.25, 0.3) is 0 Å². The highest BCUT2D eigenvalue weighted by atomic mass is 16.5. The zero-order valence-corrected chi connectivity index (χ0v) is 17.8. The fraction of sp³-hybridized carbons (Fsp3) is 0.120. The number of hydrogen-bond donors (Lipinski definition) is 0. The molecular weight excluding hydrogens is 402 g/mol. The Bertz CT molecular complexity index is 1470. The molecule has 0 aliphatic carbocycles. The van der Waals surface area contributed by atoms with Crippen molar-refractivity contribution in [2.24, 2.45) is 7.05 Å². The van der Waals surface area contributed by atoms with Gasteiger partial charge in [-0.2, -0.15) is 9.36 Å². The molecule has 0 saturated heterocycles. The lowest BCUT2D eigenvalue weighted by Crippen LogP contribution is -2.23. The van der Waals surface area contributed by atoms with Crippen LogP contribution in [-0.2, 0) is 13.7 Å². The van der Waals surface area contributed by atoms with E-state index < -0.39 is 0 Å². The van der Waals surface area contributed by atoms with Gasteiger partial charge in [-0.05, 0) is 81.2 Å².